The van der Waals surface area contributed by atoms with Gasteiger partial charge < -0.3 is 16.2 Å². The van der Waals surface area contributed by atoms with Gasteiger partial charge in [-0.25, -0.2) is 14.2 Å². The molecule has 0 aliphatic carbocycles. The Labute approximate surface area is 115 Å². The van der Waals surface area contributed by atoms with Crippen molar-refractivity contribution in [3.63, 3.8) is 0 Å². The number of anilines is 2. The molecule has 0 spiro atoms. The minimum absolute atomic E-state index is 0.104. The van der Waals surface area contributed by atoms with Gasteiger partial charge in [-0.15, -0.1) is 0 Å². The third-order valence-corrected chi connectivity index (χ3v) is 2.85. The second-order valence-electron chi connectivity index (χ2n) is 4.36. The van der Waals surface area contributed by atoms with Crippen LogP contribution in [0.3, 0.4) is 0 Å². The van der Waals surface area contributed by atoms with Crippen LogP contribution in [0.25, 0.3) is 0 Å². The maximum Gasteiger partial charge on any atom is 0.354 e. The van der Waals surface area contributed by atoms with Gasteiger partial charge in [-0.3, -0.25) is 0 Å². The molecule has 0 aliphatic heterocycles. The molecule has 0 aliphatic rings. The third-order valence-electron chi connectivity index (χ3n) is 2.85. The number of nitrogens with one attached hydrogen (secondary N) is 1. The standard InChI is InChI=1S/C14H14FN3O2/c1-8(9-3-2-4-10(15)7-9)17-13-11(16)5-6-12(18-13)14(19)20/h2-8H,16H2,1H3,(H,17,18)(H,19,20). The molecule has 6 heteroatoms. The first-order chi connectivity index (χ1) is 9.47. The number of aromatic nitrogens is 1. The van der Waals surface area contributed by atoms with Crippen LogP contribution < -0.4 is 11.1 Å². The zero-order valence-electron chi connectivity index (χ0n) is 10.8. The van der Waals surface area contributed by atoms with Crippen molar-refractivity contribution in [1.82, 2.24) is 4.98 Å². The molecule has 0 saturated heterocycles. The smallest absolute Gasteiger partial charge is 0.354 e. The van der Waals surface area contributed by atoms with Crippen LogP contribution in [0.5, 0.6) is 0 Å². The van der Waals surface area contributed by atoms with E-state index >= 15 is 0 Å². The van der Waals surface area contributed by atoms with Crippen LogP contribution in [0.4, 0.5) is 15.9 Å². The first-order valence-corrected chi connectivity index (χ1v) is 5.99. The van der Waals surface area contributed by atoms with Gasteiger partial charge >= 0.3 is 5.97 Å². The molecule has 2 aromatic rings. The number of nitrogens with two attached hydrogens (primary N) is 1. The molecule has 5 nitrogen and oxygen atoms in total. The Kier molecular flexibility index (Phi) is 3.84. The number of rotatable bonds is 4. The normalized spacial score (nSPS) is 11.9. The summed E-state index contributed by atoms with van der Waals surface area (Å²) in [4.78, 5) is 14.8. The number of nitrogen functional groups attached to an aromatic ring is 1. The molecule has 0 amide bonds. The van der Waals surface area contributed by atoms with E-state index in [1.54, 1.807) is 12.1 Å². The number of aromatic carboxylic acids is 1. The molecule has 1 atom stereocenters. The number of pyridine rings is 1. The topological polar surface area (TPSA) is 88.2 Å². The summed E-state index contributed by atoms with van der Waals surface area (Å²) < 4.78 is 13.2. The van der Waals surface area contributed by atoms with E-state index in [1.807, 2.05) is 6.92 Å². The van der Waals surface area contributed by atoms with Crippen molar-refractivity contribution in [2.45, 2.75) is 13.0 Å². The van der Waals surface area contributed by atoms with Crippen molar-refractivity contribution >= 4 is 17.5 Å². The minimum atomic E-state index is -1.13. The van der Waals surface area contributed by atoms with Crippen molar-refractivity contribution in [2.75, 3.05) is 11.1 Å². The van der Waals surface area contributed by atoms with E-state index in [1.165, 1.54) is 24.3 Å². The maximum absolute atomic E-state index is 13.2. The zero-order valence-corrected chi connectivity index (χ0v) is 10.8. The van der Waals surface area contributed by atoms with Gasteiger partial charge in [0.05, 0.1) is 11.7 Å². The van der Waals surface area contributed by atoms with Gasteiger partial charge in [-0.2, -0.15) is 0 Å². The van der Waals surface area contributed by atoms with Crippen LogP contribution in [0.2, 0.25) is 0 Å². The lowest BCUT2D eigenvalue weighted by Gasteiger charge is -2.16. The molecule has 0 bridgehead atoms. The van der Waals surface area contributed by atoms with Gasteiger partial charge in [0.2, 0.25) is 0 Å². The molecule has 1 unspecified atom stereocenters. The summed E-state index contributed by atoms with van der Waals surface area (Å²) in [5.41, 5.74) is 6.70. The highest BCUT2D eigenvalue weighted by Gasteiger charge is 2.12. The molecule has 1 heterocycles. The molecular weight excluding hydrogens is 261 g/mol. The van der Waals surface area contributed by atoms with E-state index in [0.29, 0.717) is 11.3 Å². The van der Waals surface area contributed by atoms with Crippen molar-refractivity contribution in [3.8, 4) is 0 Å². The van der Waals surface area contributed by atoms with Gasteiger partial charge in [-0.1, -0.05) is 12.1 Å². The Morgan fingerprint density at radius 1 is 1.40 bits per heavy atom. The van der Waals surface area contributed by atoms with E-state index in [4.69, 9.17) is 10.8 Å². The van der Waals surface area contributed by atoms with E-state index in [0.717, 1.165) is 0 Å². The highest BCUT2D eigenvalue weighted by molar-refractivity contribution is 5.86. The second-order valence-corrected chi connectivity index (χ2v) is 4.36. The van der Waals surface area contributed by atoms with Gasteiger partial charge in [0.1, 0.15) is 5.82 Å². The molecule has 0 fully saturated rings. The number of nitrogens with zero attached hydrogens (tertiary/aromatic N) is 1. The quantitative estimate of drug-likeness (QED) is 0.798. The minimum Gasteiger partial charge on any atom is -0.477 e. The summed E-state index contributed by atoms with van der Waals surface area (Å²) in [6, 6.07) is 8.66. The third kappa shape index (κ3) is 3.03. The highest BCUT2D eigenvalue weighted by Crippen LogP contribution is 2.23. The van der Waals surface area contributed by atoms with E-state index < -0.39 is 5.97 Å². The lowest BCUT2D eigenvalue weighted by molar-refractivity contribution is 0.0690. The molecule has 0 radical (unpaired) electrons. The number of halogens is 1. The molecule has 1 aromatic heterocycles. The van der Waals surface area contributed by atoms with E-state index in [2.05, 4.69) is 10.3 Å². The molecule has 2 rings (SSSR count). The number of carboxylic acid groups (broad SMARTS) is 1. The zero-order chi connectivity index (χ0) is 14.7. The summed E-state index contributed by atoms with van der Waals surface area (Å²) in [5, 5.41) is 11.9. The highest BCUT2D eigenvalue weighted by atomic mass is 19.1. The fourth-order valence-corrected chi connectivity index (χ4v) is 1.77. The largest absolute Gasteiger partial charge is 0.477 e. The number of hydrogen-bond acceptors (Lipinski definition) is 4. The van der Waals surface area contributed by atoms with Gasteiger partial charge in [0.25, 0.3) is 0 Å². The molecule has 1 aromatic carbocycles. The fraction of sp³-hybridized carbons (Fsp3) is 0.143. The van der Waals surface area contributed by atoms with Gasteiger partial charge in [0, 0.05) is 0 Å². The summed E-state index contributed by atoms with van der Waals surface area (Å²) in [6.07, 6.45) is 0. The Bertz CT molecular complexity index is 646. The van der Waals surface area contributed by atoms with Crippen LogP contribution in [-0.2, 0) is 0 Å². The van der Waals surface area contributed by atoms with Crippen molar-refractivity contribution < 1.29 is 14.3 Å². The Morgan fingerprint density at radius 2 is 2.15 bits per heavy atom. The van der Waals surface area contributed by atoms with Crippen LogP contribution >= 0.6 is 0 Å². The summed E-state index contributed by atoms with van der Waals surface area (Å²) >= 11 is 0. The van der Waals surface area contributed by atoms with Crippen LogP contribution in [0.15, 0.2) is 36.4 Å². The molecule has 104 valence electrons. The monoisotopic (exact) mass is 275 g/mol. The number of carboxylic acids is 1. The number of benzene rings is 1. The summed E-state index contributed by atoms with van der Waals surface area (Å²) in [7, 11) is 0. The predicted molar refractivity (Wildman–Crippen MR) is 74.0 cm³/mol. The average molecular weight is 275 g/mol. The first-order valence-electron chi connectivity index (χ1n) is 5.99. The van der Waals surface area contributed by atoms with E-state index in [9.17, 15) is 9.18 Å². The molecular formula is C14H14FN3O2. The average Bonchev–Trinajstić information content (AvgIpc) is 2.41. The molecule has 20 heavy (non-hydrogen) atoms. The second kappa shape index (κ2) is 5.56. The first kappa shape index (κ1) is 13.8. The molecule has 4 N–H and O–H groups in total. The Hall–Kier alpha value is -2.63. The number of carbonyl (C=O) groups is 1. The van der Waals surface area contributed by atoms with Crippen LogP contribution in [-0.4, -0.2) is 16.1 Å². The molecule has 0 saturated carbocycles. The number of hydrogen-bond donors (Lipinski definition) is 3. The van der Waals surface area contributed by atoms with Crippen LogP contribution in [0, 0.1) is 5.82 Å². The maximum atomic E-state index is 13.2. The van der Waals surface area contributed by atoms with Crippen molar-refractivity contribution in [2.24, 2.45) is 0 Å². The van der Waals surface area contributed by atoms with Gasteiger partial charge in [-0.05, 0) is 36.8 Å². The lowest BCUT2D eigenvalue weighted by atomic mass is 10.1. The van der Waals surface area contributed by atoms with Gasteiger partial charge in [0.15, 0.2) is 11.5 Å². The van der Waals surface area contributed by atoms with Crippen LogP contribution in [0.1, 0.15) is 29.0 Å². The lowest BCUT2D eigenvalue weighted by Crippen LogP contribution is -2.12. The van der Waals surface area contributed by atoms with E-state index in [-0.39, 0.29) is 23.4 Å². The van der Waals surface area contributed by atoms with Crippen molar-refractivity contribution in [1.29, 1.82) is 0 Å². The predicted octanol–water partition coefficient (Wildman–Crippen LogP) is 2.67. The Balaban J connectivity index is 2.25. The Morgan fingerprint density at radius 3 is 2.80 bits per heavy atom. The summed E-state index contributed by atoms with van der Waals surface area (Å²) in [5.74, 6) is -1.20. The van der Waals surface area contributed by atoms with Crippen molar-refractivity contribution in [3.05, 3.63) is 53.5 Å². The SMILES string of the molecule is CC(Nc1nc(C(=O)O)ccc1N)c1cccc(F)c1. The summed E-state index contributed by atoms with van der Waals surface area (Å²) in [6.45, 7) is 1.81. The fourth-order valence-electron chi connectivity index (χ4n) is 1.77.